The quantitative estimate of drug-likeness (QED) is 0.688. The van der Waals surface area contributed by atoms with Gasteiger partial charge in [0.15, 0.2) is 0 Å². The first-order valence-corrected chi connectivity index (χ1v) is 6.17. The van der Waals surface area contributed by atoms with Crippen LogP contribution in [0.5, 0.6) is 0 Å². The first kappa shape index (κ1) is 12.0. The molecule has 0 heterocycles. The van der Waals surface area contributed by atoms with Gasteiger partial charge in [0.2, 0.25) is 0 Å². The Labute approximate surface area is 89.7 Å². The van der Waals surface area contributed by atoms with Crippen molar-refractivity contribution in [3.05, 3.63) is 0 Å². The summed E-state index contributed by atoms with van der Waals surface area (Å²) >= 11 is 0. The van der Waals surface area contributed by atoms with E-state index in [1.807, 2.05) is 0 Å². The number of hydrogen-bond donors (Lipinski definition) is 1. The second-order valence-corrected chi connectivity index (χ2v) is 6.05. The van der Waals surface area contributed by atoms with Crippen LogP contribution in [0, 0.1) is 17.3 Å². The summed E-state index contributed by atoms with van der Waals surface area (Å²) in [5.41, 5.74) is 0.673. The third-order valence-corrected chi connectivity index (χ3v) is 3.60. The van der Waals surface area contributed by atoms with Gasteiger partial charge in [-0.2, -0.15) is 0 Å². The van der Waals surface area contributed by atoms with Crippen LogP contribution in [0.1, 0.15) is 53.9 Å². The molecule has 2 atom stereocenters. The van der Waals surface area contributed by atoms with Crippen LogP contribution in [0.3, 0.4) is 0 Å². The van der Waals surface area contributed by atoms with Crippen LogP contribution in [0.2, 0.25) is 0 Å². The number of rotatable bonds is 6. The monoisotopic (exact) mass is 197 g/mol. The summed E-state index contributed by atoms with van der Waals surface area (Å²) < 4.78 is 0. The predicted molar refractivity (Wildman–Crippen MR) is 63.4 cm³/mol. The Morgan fingerprint density at radius 3 is 2.43 bits per heavy atom. The minimum atomic E-state index is 0.643. The molecule has 1 aliphatic carbocycles. The topological polar surface area (TPSA) is 12.0 Å². The van der Waals surface area contributed by atoms with E-state index in [0.29, 0.717) is 11.5 Å². The van der Waals surface area contributed by atoms with Gasteiger partial charge < -0.3 is 5.32 Å². The van der Waals surface area contributed by atoms with E-state index in [2.05, 4.69) is 39.9 Å². The van der Waals surface area contributed by atoms with E-state index in [9.17, 15) is 0 Å². The molecule has 0 aliphatic heterocycles. The third-order valence-electron chi connectivity index (χ3n) is 3.60. The molecule has 1 heteroatoms. The van der Waals surface area contributed by atoms with Gasteiger partial charge in [-0.1, -0.05) is 41.0 Å². The Morgan fingerprint density at radius 1 is 1.29 bits per heavy atom. The molecule has 0 aromatic heterocycles. The average molecular weight is 197 g/mol. The smallest absolute Gasteiger partial charge is 0.00104 e. The molecule has 1 nitrogen and oxygen atoms in total. The van der Waals surface area contributed by atoms with Crippen molar-refractivity contribution < 1.29 is 0 Å². The Hall–Kier alpha value is -0.0400. The molecule has 1 saturated carbocycles. The predicted octanol–water partition coefficient (Wildman–Crippen LogP) is 3.45. The van der Waals surface area contributed by atoms with Crippen LogP contribution in [-0.4, -0.2) is 12.6 Å². The highest BCUT2D eigenvalue weighted by atomic mass is 14.9. The van der Waals surface area contributed by atoms with E-state index < -0.39 is 0 Å². The summed E-state index contributed by atoms with van der Waals surface area (Å²) in [4.78, 5) is 0. The molecule has 0 aromatic rings. The molecule has 0 spiro atoms. The lowest BCUT2D eigenvalue weighted by Gasteiger charge is -2.14. The first-order chi connectivity index (χ1) is 6.44. The highest BCUT2D eigenvalue weighted by molar-refractivity contribution is 4.99. The van der Waals surface area contributed by atoms with Crippen molar-refractivity contribution in [1.82, 2.24) is 5.32 Å². The molecule has 0 amide bonds. The van der Waals surface area contributed by atoms with Crippen molar-refractivity contribution >= 4 is 0 Å². The van der Waals surface area contributed by atoms with Gasteiger partial charge in [0.05, 0.1) is 0 Å². The fourth-order valence-corrected chi connectivity index (χ4v) is 2.13. The molecule has 0 saturated heterocycles. The molecule has 2 unspecified atom stereocenters. The molecule has 0 radical (unpaired) electrons. The van der Waals surface area contributed by atoms with Crippen LogP contribution in [-0.2, 0) is 0 Å². The van der Waals surface area contributed by atoms with Gasteiger partial charge in [0.25, 0.3) is 0 Å². The van der Waals surface area contributed by atoms with Crippen molar-refractivity contribution in [2.45, 2.75) is 59.9 Å². The minimum absolute atomic E-state index is 0.643. The molecule has 1 aliphatic rings. The van der Waals surface area contributed by atoms with Gasteiger partial charge in [-0.25, -0.2) is 0 Å². The molecule has 14 heavy (non-hydrogen) atoms. The lowest BCUT2D eigenvalue weighted by molar-refractivity contribution is 0.390. The molecular formula is C13H27N. The van der Waals surface area contributed by atoms with Gasteiger partial charge in [-0.3, -0.25) is 0 Å². The van der Waals surface area contributed by atoms with Gasteiger partial charge in [0.1, 0.15) is 0 Å². The molecular weight excluding hydrogens is 170 g/mol. The summed E-state index contributed by atoms with van der Waals surface area (Å²) in [6, 6.07) is 0.643. The summed E-state index contributed by atoms with van der Waals surface area (Å²) in [7, 11) is 0. The zero-order valence-electron chi connectivity index (χ0n) is 10.6. The maximum absolute atomic E-state index is 3.55. The first-order valence-electron chi connectivity index (χ1n) is 6.17. The van der Waals surface area contributed by atoms with Gasteiger partial charge >= 0.3 is 0 Å². The van der Waals surface area contributed by atoms with E-state index in [0.717, 1.165) is 11.8 Å². The Kier molecular flexibility index (Phi) is 4.00. The summed E-state index contributed by atoms with van der Waals surface area (Å²) in [6.07, 6.45) is 4.27. The van der Waals surface area contributed by atoms with E-state index >= 15 is 0 Å². The fraction of sp³-hybridized carbons (Fsp3) is 1.00. The maximum atomic E-state index is 3.55. The molecule has 0 aromatic carbocycles. The zero-order chi connectivity index (χ0) is 10.8. The van der Waals surface area contributed by atoms with Crippen molar-refractivity contribution in [1.29, 1.82) is 0 Å². The Balaban J connectivity index is 2.15. The normalized spacial score (nSPS) is 31.5. The Morgan fingerprint density at radius 2 is 1.93 bits per heavy atom. The van der Waals surface area contributed by atoms with E-state index in [-0.39, 0.29) is 0 Å². The van der Waals surface area contributed by atoms with Crippen LogP contribution in [0.4, 0.5) is 0 Å². The number of hydrogen-bond acceptors (Lipinski definition) is 1. The summed E-state index contributed by atoms with van der Waals surface area (Å²) in [6.45, 7) is 12.8. The van der Waals surface area contributed by atoms with Gasteiger partial charge in [-0.05, 0) is 36.6 Å². The van der Waals surface area contributed by atoms with Crippen molar-refractivity contribution in [2.75, 3.05) is 6.54 Å². The maximum Gasteiger partial charge on any atom is 0.00104 e. The second-order valence-electron chi connectivity index (χ2n) is 6.05. The highest BCUT2D eigenvalue weighted by Crippen LogP contribution is 2.55. The molecule has 1 fully saturated rings. The van der Waals surface area contributed by atoms with Crippen LogP contribution in [0.25, 0.3) is 0 Å². The summed E-state index contributed by atoms with van der Waals surface area (Å²) in [5, 5.41) is 3.55. The zero-order valence-corrected chi connectivity index (χ0v) is 10.6. The molecule has 1 N–H and O–H groups in total. The highest BCUT2D eigenvalue weighted by Gasteiger charge is 2.48. The fourth-order valence-electron chi connectivity index (χ4n) is 2.13. The number of nitrogens with one attached hydrogen (secondary N) is 1. The van der Waals surface area contributed by atoms with Gasteiger partial charge in [0, 0.05) is 6.04 Å². The average Bonchev–Trinajstić information content (AvgIpc) is 2.71. The lowest BCUT2D eigenvalue weighted by Crippen LogP contribution is -2.26. The van der Waals surface area contributed by atoms with Crippen LogP contribution >= 0.6 is 0 Å². The van der Waals surface area contributed by atoms with Crippen LogP contribution < -0.4 is 5.32 Å². The second kappa shape index (κ2) is 4.65. The SMILES string of the molecule is CC(C)CCC1(C)CC1CNC(C)C. The third kappa shape index (κ3) is 3.61. The lowest BCUT2D eigenvalue weighted by atomic mass is 9.95. The molecule has 0 bridgehead atoms. The largest absolute Gasteiger partial charge is 0.314 e. The van der Waals surface area contributed by atoms with E-state index in [4.69, 9.17) is 0 Å². The van der Waals surface area contributed by atoms with E-state index in [1.165, 1.54) is 25.8 Å². The standard InChI is InChI=1S/C13H27N/c1-10(2)6-7-13(5)8-12(13)9-14-11(3)4/h10-12,14H,6-9H2,1-5H3. The Bertz CT molecular complexity index is 174. The van der Waals surface area contributed by atoms with Crippen molar-refractivity contribution in [2.24, 2.45) is 17.3 Å². The molecule has 1 rings (SSSR count). The molecule has 84 valence electrons. The summed E-state index contributed by atoms with van der Waals surface area (Å²) in [5.74, 6) is 1.81. The van der Waals surface area contributed by atoms with Crippen LogP contribution in [0.15, 0.2) is 0 Å². The van der Waals surface area contributed by atoms with Crippen molar-refractivity contribution in [3.8, 4) is 0 Å². The van der Waals surface area contributed by atoms with Crippen molar-refractivity contribution in [3.63, 3.8) is 0 Å². The minimum Gasteiger partial charge on any atom is -0.314 e. The van der Waals surface area contributed by atoms with E-state index in [1.54, 1.807) is 0 Å². The van der Waals surface area contributed by atoms with Gasteiger partial charge in [-0.15, -0.1) is 0 Å².